The Hall–Kier alpha value is -1.90. The Labute approximate surface area is 134 Å². The van der Waals surface area contributed by atoms with E-state index in [-0.39, 0.29) is 12.3 Å². The number of benzene rings is 1. The van der Waals surface area contributed by atoms with Crippen molar-refractivity contribution in [3.8, 4) is 5.75 Å². The molecule has 1 aromatic carbocycles. The lowest BCUT2D eigenvalue weighted by atomic mass is 10.1. The zero-order chi connectivity index (χ0) is 18.0. The molecule has 1 aromatic heterocycles. The minimum atomic E-state index is -4.78. The smallest absolute Gasteiger partial charge is 0.406 e. The van der Waals surface area contributed by atoms with Gasteiger partial charge < -0.3 is 14.6 Å². The molecule has 0 saturated heterocycles. The molecule has 0 aliphatic rings. The molecule has 0 unspecified atom stereocenters. The van der Waals surface area contributed by atoms with Crippen molar-refractivity contribution in [1.82, 2.24) is 9.88 Å². The number of nitrogens with zero attached hydrogens (tertiary/aromatic N) is 1. The van der Waals surface area contributed by atoms with Gasteiger partial charge in [-0.15, -0.1) is 13.2 Å². The van der Waals surface area contributed by atoms with E-state index in [1.54, 1.807) is 13.2 Å². The molecule has 0 spiro atoms. The first-order chi connectivity index (χ1) is 11.0. The number of hydrogen-bond donors (Lipinski definition) is 1. The van der Waals surface area contributed by atoms with Crippen LogP contribution in [0.1, 0.15) is 12.0 Å². The standard InChI is InChI=1S/C15H16F6N2O/c1-23(7-5-14(16,17)18)6-4-10-9-22-13-3-2-11(8-12(10)13)24-15(19,20)21/h2-3,8-9,22H,4-7H2,1H3. The van der Waals surface area contributed by atoms with Crippen molar-refractivity contribution in [1.29, 1.82) is 0 Å². The molecule has 0 fully saturated rings. The summed E-state index contributed by atoms with van der Waals surface area (Å²) in [6.07, 6.45) is -7.84. The lowest BCUT2D eigenvalue weighted by Crippen LogP contribution is -2.26. The fourth-order valence-corrected chi connectivity index (χ4v) is 2.30. The number of aromatic amines is 1. The number of H-pyrrole nitrogens is 1. The third kappa shape index (κ3) is 5.63. The van der Waals surface area contributed by atoms with Crippen molar-refractivity contribution in [2.45, 2.75) is 25.4 Å². The van der Waals surface area contributed by atoms with Crippen molar-refractivity contribution in [2.75, 3.05) is 20.1 Å². The molecule has 9 heteroatoms. The van der Waals surface area contributed by atoms with Crippen LogP contribution in [0.25, 0.3) is 10.9 Å². The lowest BCUT2D eigenvalue weighted by molar-refractivity contribution is -0.274. The summed E-state index contributed by atoms with van der Waals surface area (Å²) >= 11 is 0. The van der Waals surface area contributed by atoms with E-state index in [9.17, 15) is 26.3 Å². The molecule has 0 bridgehead atoms. The largest absolute Gasteiger partial charge is 0.573 e. The van der Waals surface area contributed by atoms with Crippen LogP contribution in [0, 0.1) is 0 Å². The van der Waals surface area contributed by atoms with Crippen LogP contribution in [0.4, 0.5) is 26.3 Å². The second-order valence-electron chi connectivity index (χ2n) is 5.49. The number of nitrogens with one attached hydrogen (secondary N) is 1. The minimum Gasteiger partial charge on any atom is -0.406 e. The van der Waals surface area contributed by atoms with E-state index in [0.29, 0.717) is 23.9 Å². The van der Waals surface area contributed by atoms with Crippen LogP contribution >= 0.6 is 0 Å². The normalized spacial score (nSPS) is 13.0. The van der Waals surface area contributed by atoms with Crippen LogP contribution in [0.3, 0.4) is 0 Å². The molecule has 134 valence electrons. The maximum atomic E-state index is 12.3. The first kappa shape index (κ1) is 18.4. The number of alkyl halides is 6. The molecule has 0 saturated carbocycles. The van der Waals surface area contributed by atoms with E-state index < -0.39 is 19.0 Å². The van der Waals surface area contributed by atoms with Gasteiger partial charge in [0.05, 0.1) is 6.42 Å². The molecule has 0 radical (unpaired) electrons. The third-order valence-electron chi connectivity index (χ3n) is 3.51. The third-order valence-corrected chi connectivity index (χ3v) is 3.51. The second kappa shape index (κ2) is 6.92. The lowest BCUT2D eigenvalue weighted by Gasteiger charge is -2.17. The van der Waals surface area contributed by atoms with Gasteiger partial charge >= 0.3 is 12.5 Å². The topological polar surface area (TPSA) is 28.3 Å². The molecular weight excluding hydrogens is 338 g/mol. The van der Waals surface area contributed by atoms with Gasteiger partial charge in [0.2, 0.25) is 0 Å². The maximum Gasteiger partial charge on any atom is 0.573 e. The molecule has 1 N–H and O–H groups in total. The zero-order valence-electron chi connectivity index (χ0n) is 12.8. The predicted molar refractivity (Wildman–Crippen MR) is 76.9 cm³/mol. The number of halogens is 6. The van der Waals surface area contributed by atoms with Crippen LogP contribution in [-0.2, 0) is 6.42 Å². The second-order valence-corrected chi connectivity index (χ2v) is 5.49. The molecule has 0 aliphatic carbocycles. The average molecular weight is 354 g/mol. The van der Waals surface area contributed by atoms with Crippen molar-refractivity contribution in [2.24, 2.45) is 0 Å². The first-order valence-corrected chi connectivity index (χ1v) is 7.14. The number of likely N-dealkylation sites (N-methyl/N-ethyl adjacent to an activating group) is 1. The molecule has 1 heterocycles. The van der Waals surface area contributed by atoms with Crippen LogP contribution < -0.4 is 4.74 Å². The fourth-order valence-electron chi connectivity index (χ4n) is 2.30. The van der Waals surface area contributed by atoms with E-state index in [1.165, 1.54) is 23.1 Å². The SMILES string of the molecule is CN(CCc1c[nH]c2ccc(OC(F)(F)F)cc12)CCC(F)(F)F. The number of fused-ring (bicyclic) bond motifs is 1. The highest BCUT2D eigenvalue weighted by Crippen LogP contribution is 2.28. The Morgan fingerprint density at radius 3 is 2.42 bits per heavy atom. The van der Waals surface area contributed by atoms with Gasteiger partial charge in [-0.3, -0.25) is 0 Å². The van der Waals surface area contributed by atoms with Crippen molar-refractivity contribution in [3.63, 3.8) is 0 Å². The predicted octanol–water partition coefficient (Wildman–Crippen LogP) is 4.49. The Balaban J connectivity index is 2.02. The highest BCUT2D eigenvalue weighted by Gasteiger charge is 2.31. The van der Waals surface area contributed by atoms with E-state index in [1.807, 2.05) is 0 Å². The maximum absolute atomic E-state index is 12.3. The number of aromatic nitrogens is 1. The van der Waals surface area contributed by atoms with Gasteiger partial charge in [-0.2, -0.15) is 13.2 Å². The molecule has 2 rings (SSSR count). The van der Waals surface area contributed by atoms with E-state index in [2.05, 4.69) is 9.72 Å². The summed E-state index contributed by atoms with van der Waals surface area (Å²) in [6.45, 7) is 0.224. The summed E-state index contributed by atoms with van der Waals surface area (Å²) in [5.74, 6) is -0.332. The van der Waals surface area contributed by atoms with E-state index >= 15 is 0 Å². The molecule has 0 aliphatic heterocycles. The highest BCUT2D eigenvalue weighted by atomic mass is 19.4. The molecule has 2 aromatic rings. The van der Waals surface area contributed by atoms with Crippen molar-refractivity contribution >= 4 is 10.9 Å². The Kier molecular flexibility index (Phi) is 5.32. The summed E-state index contributed by atoms with van der Waals surface area (Å²) in [7, 11) is 1.57. The van der Waals surface area contributed by atoms with Gasteiger partial charge in [-0.25, -0.2) is 0 Å². The summed E-state index contributed by atoms with van der Waals surface area (Å²) in [5, 5.41) is 0.556. The first-order valence-electron chi connectivity index (χ1n) is 7.14. The zero-order valence-corrected chi connectivity index (χ0v) is 12.8. The number of rotatable bonds is 6. The van der Waals surface area contributed by atoms with E-state index in [0.717, 1.165) is 5.56 Å². The highest BCUT2D eigenvalue weighted by molar-refractivity contribution is 5.84. The van der Waals surface area contributed by atoms with Crippen LogP contribution in [0.2, 0.25) is 0 Å². The van der Waals surface area contributed by atoms with Gasteiger partial charge in [0, 0.05) is 30.2 Å². The summed E-state index contributed by atoms with van der Waals surface area (Å²) in [6, 6.07) is 3.93. The summed E-state index contributed by atoms with van der Waals surface area (Å²) in [5.41, 5.74) is 1.36. The summed E-state index contributed by atoms with van der Waals surface area (Å²) < 4.78 is 77.2. The number of ether oxygens (including phenoxy) is 1. The van der Waals surface area contributed by atoms with Gasteiger partial charge in [-0.1, -0.05) is 0 Å². The molecule has 0 amide bonds. The fraction of sp³-hybridized carbons (Fsp3) is 0.467. The van der Waals surface area contributed by atoms with Gasteiger partial charge in [0.25, 0.3) is 0 Å². The molecular formula is C15H16F6N2O. The Morgan fingerprint density at radius 1 is 1.08 bits per heavy atom. The Bertz CT molecular complexity index is 677. The number of hydrogen-bond acceptors (Lipinski definition) is 2. The average Bonchev–Trinajstić information content (AvgIpc) is 2.83. The van der Waals surface area contributed by atoms with Gasteiger partial charge in [0.15, 0.2) is 0 Å². The molecule has 0 atom stereocenters. The minimum absolute atomic E-state index is 0.131. The Morgan fingerprint density at radius 2 is 1.79 bits per heavy atom. The monoisotopic (exact) mass is 354 g/mol. The summed E-state index contributed by atoms with van der Waals surface area (Å²) in [4.78, 5) is 4.45. The van der Waals surface area contributed by atoms with E-state index in [4.69, 9.17) is 0 Å². The van der Waals surface area contributed by atoms with Gasteiger partial charge in [-0.05, 0) is 37.2 Å². The quantitative estimate of drug-likeness (QED) is 0.774. The van der Waals surface area contributed by atoms with Crippen molar-refractivity contribution in [3.05, 3.63) is 30.0 Å². The van der Waals surface area contributed by atoms with Crippen LogP contribution in [-0.4, -0.2) is 42.6 Å². The molecule has 3 nitrogen and oxygen atoms in total. The van der Waals surface area contributed by atoms with Crippen molar-refractivity contribution < 1.29 is 31.1 Å². The van der Waals surface area contributed by atoms with Crippen LogP contribution in [0.5, 0.6) is 5.75 Å². The van der Waals surface area contributed by atoms with Crippen LogP contribution in [0.15, 0.2) is 24.4 Å². The molecule has 24 heavy (non-hydrogen) atoms. The van der Waals surface area contributed by atoms with Gasteiger partial charge in [0.1, 0.15) is 5.75 Å².